The molecule has 4 aromatic rings. The summed E-state index contributed by atoms with van der Waals surface area (Å²) in [5.74, 6) is 0.909. The third-order valence-corrected chi connectivity index (χ3v) is 6.70. The van der Waals surface area contributed by atoms with Gasteiger partial charge >= 0.3 is 0 Å². The molecule has 2 aromatic carbocycles. The fourth-order valence-corrected chi connectivity index (χ4v) is 4.82. The summed E-state index contributed by atoms with van der Waals surface area (Å²) in [5.41, 5.74) is 2.45. The highest BCUT2D eigenvalue weighted by Gasteiger charge is 2.28. The summed E-state index contributed by atoms with van der Waals surface area (Å²) in [5, 5.41) is 5.86. The molecule has 1 unspecified atom stereocenters. The second-order valence-corrected chi connectivity index (χ2v) is 8.92. The van der Waals surface area contributed by atoms with Gasteiger partial charge < -0.3 is 19.1 Å². The number of benzene rings is 2. The topological polar surface area (TPSA) is 78.7 Å². The molecular weight excluding hydrogens is 475 g/mol. The van der Waals surface area contributed by atoms with Crippen LogP contribution in [0.25, 0.3) is 22.2 Å². The van der Waals surface area contributed by atoms with Crippen LogP contribution in [0.3, 0.4) is 0 Å². The normalized spacial score (nSPS) is 15.6. The molecular formula is C28H29FN4O4. The first kappa shape index (κ1) is 24.5. The van der Waals surface area contributed by atoms with Crippen LogP contribution in [0.2, 0.25) is 0 Å². The Morgan fingerprint density at radius 2 is 1.81 bits per heavy atom. The van der Waals surface area contributed by atoms with Crippen LogP contribution < -0.4 is 14.2 Å². The Morgan fingerprint density at radius 1 is 1.05 bits per heavy atom. The first-order valence-corrected chi connectivity index (χ1v) is 12.3. The second-order valence-electron chi connectivity index (χ2n) is 8.92. The van der Waals surface area contributed by atoms with Crippen LogP contribution in [0.4, 0.5) is 4.39 Å². The zero-order chi connectivity index (χ0) is 25.9. The molecule has 0 spiro atoms. The third-order valence-electron chi connectivity index (χ3n) is 6.70. The number of nitrogens with zero attached hydrogens (tertiary/aromatic N) is 4. The largest absolute Gasteiger partial charge is 0.494 e. The molecule has 37 heavy (non-hydrogen) atoms. The number of carbonyl (C=O) groups excluding carboxylic acids is 1. The number of piperidine rings is 1. The lowest BCUT2D eigenvalue weighted by Crippen LogP contribution is -2.40. The number of carbonyl (C=O) groups is 1. The molecule has 5 rings (SSSR count). The van der Waals surface area contributed by atoms with Gasteiger partial charge in [-0.25, -0.2) is 0 Å². The second kappa shape index (κ2) is 10.5. The van der Waals surface area contributed by atoms with Crippen molar-refractivity contribution in [2.24, 2.45) is 0 Å². The van der Waals surface area contributed by atoms with Crippen molar-refractivity contribution in [1.29, 1.82) is 0 Å². The van der Waals surface area contributed by atoms with E-state index in [9.17, 15) is 9.18 Å². The highest BCUT2D eigenvalue weighted by atomic mass is 19.1. The van der Waals surface area contributed by atoms with E-state index in [0.717, 1.165) is 41.5 Å². The van der Waals surface area contributed by atoms with E-state index >= 15 is 0 Å². The highest BCUT2D eigenvalue weighted by molar-refractivity contribution is 5.96. The molecule has 1 atom stereocenters. The number of pyridine rings is 1. The molecule has 1 fully saturated rings. The number of aromatic nitrogens is 3. The minimum absolute atomic E-state index is 0.0236. The molecule has 192 valence electrons. The van der Waals surface area contributed by atoms with Gasteiger partial charge in [-0.2, -0.15) is 9.49 Å². The lowest BCUT2D eigenvalue weighted by Gasteiger charge is -2.33. The maximum Gasteiger partial charge on any atom is 0.222 e. The van der Waals surface area contributed by atoms with Crippen molar-refractivity contribution in [3.63, 3.8) is 0 Å². The highest BCUT2D eigenvalue weighted by Crippen LogP contribution is 2.37. The predicted molar refractivity (Wildman–Crippen MR) is 138 cm³/mol. The Labute approximate surface area is 214 Å². The summed E-state index contributed by atoms with van der Waals surface area (Å²) < 4.78 is 33.0. The lowest BCUT2D eigenvalue weighted by atomic mass is 10.0. The number of amides is 1. The molecule has 0 bridgehead atoms. The van der Waals surface area contributed by atoms with Gasteiger partial charge in [0.1, 0.15) is 17.0 Å². The van der Waals surface area contributed by atoms with E-state index < -0.39 is 5.82 Å². The van der Waals surface area contributed by atoms with Crippen LogP contribution in [0, 0.1) is 5.82 Å². The maximum absolute atomic E-state index is 14.5. The van der Waals surface area contributed by atoms with Gasteiger partial charge in [-0.15, -0.1) is 0 Å². The first-order valence-electron chi connectivity index (χ1n) is 12.3. The van der Waals surface area contributed by atoms with Crippen LogP contribution in [0.5, 0.6) is 23.0 Å². The Balaban J connectivity index is 1.50. The van der Waals surface area contributed by atoms with Crippen molar-refractivity contribution in [3.8, 4) is 34.3 Å². The summed E-state index contributed by atoms with van der Waals surface area (Å²) in [6.45, 7) is 3.26. The fraction of sp³-hybridized carbons (Fsp3) is 0.321. The minimum atomic E-state index is -0.555. The van der Waals surface area contributed by atoms with Crippen molar-refractivity contribution in [1.82, 2.24) is 19.7 Å². The number of ether oxygens (including phenoxy) is 3. The summed E-state index contributed by atoms with van der Waals surface area (Å²) in [6.07, 6.45) is 5.77. The number of rotatable bonds is 7. The van der Waals surface area contributed by atoms with E-state index in [1.807, 2.05) is 28.6 Å². The Hall–Kier alpha value is -4.14. The van der Waals surface area contributed by atoms with Gasteiger partial charge in [-0.1, -0.05) is 13.0 Å². The molecule has 8 nitrogen and oxygen atoms in total. The minimum Gasteiger partial charge on any atom is -0.494 e. The molecule has 0 aliphatic carbocycles. The van der Waals surface area contributed by atoms with Gasteiger partial charge in [-0.3, -0.25) is 14.5 Å². The van der Waals surface area contributed by atoms with Gasteiger partial charge in [0.25, 0.3) is 0 Å². The van der Waals surface area contributed by atoms with Crippen molar-refractivity contribution in [3.05, 3.63) is 60.7 Å². The van der Waals surface area contributed by atoms with E-state index in [1.165, 1.54) is 7.11 Å². The molecule has 1 saturated heterocycles. The fourth-order valence-electron chi connectivity index (χ4n) is 4.82. The van der Waals surface area contributed by atoms with Gasteiger partial charge in [0, 0.05) is 31.3 Å². The molecule has 1 aliphatic rings. The first-order chi connectivity index (χ1) is 18.0. The summed E-state index contributed by atoms with van der Waals surface area (Å²) >= 11 is 0. The van der Waals surface area contributed by atoms with E-state index in [0.29, 0.717) is 24.5 Å². The van der Waals surface area contributed by atoms with Crippen LogP contribution >= 0.6 is 0 Å². The average Bonchev–Trinajstić information content (AvgIpc) is 3.34. The van der Waals surface area contributed by atoms with E-state index in [-0.39, 0.29) is 23.4 Å². The van der Waals surface area contributed by atoms with Gasteiger partial charge in [0.2, 0.25) is 11.7 Å². The van der Waals surface area contributed by atoms with Crippen molar-refractivity contribution >= 4 is 16.8 Å². The van der Waals surface area contributed by atoms with Gasteiger partial charge in [-0.05, 0) is 49.2 Å². The molecule has 0 N–H and O–H groups in total. The van der Waals surface area contributed by atoms with E-state index in [1.54, 1.807) is 49.8 Å². The van der Waals surface area contributed by atoms with Crippen molar-refractivity contribution in [2.45, 2.75) is 32.2 Å². The lowest BCUT2D eigenvalue weighted by molar-refractivity contribution is -0.132. The van der Waals surface area contributed by atoms with Crippen LogP contribution in [-0.4, -0.2) is 52.9 Å². The molecule has 0 radical (unpaired) electrons. The molecule has 9 heteroatoms. The van der Waals surface area contributed by atoms with Gasteiger partial charge in [0.05, 0.1) is 31.8 Å². The standard InChI is InChI=1S/C28H29FN4O4/c1-4-25(34)32-14-6-7-19(17-32)33-28-21(15-30-16-24(28)36-3)27(31-33)18-10-12-20(13-11-18)37-23-9-5-8-22(35-2)26(23)29/h5,8-13,15-16,19H,4,6-7,14,17H2,1-3H3. The number of fused-ring (bicyclic) bond motifs is 1. The van der Waals surface area contributed by atoms with Gasteiger partial charge in [0.15, 0.2) is 17.2 Å². The number of likely N-dealkylation sites (tertiary alicyclic amines) is 1. The van der Waals surface area contributed by atoms with Crippen LogP contribution in [0.15, 0.2) is 54.9 Å². The Morgan fingerprint density at radius 3 is 2.54 bits per heavy atom. The molecule has 1 aliphatic heterocycles. The zero-order valence-electron chi connectivity index (χ0n) is 21.1. The molecule has 2 aromatic heterocycles. The number of hydrogen-bond donors (Lipinski definition) is 0. The van der Waals surface area contributed by atoms with Crippen molar-refractivity contribution < 1.29 is 23.4 Å². The maximum atomic E-state index is 14.5. The van der Waals surface area contributed by atoms with Crippen molar-refractivity contribution in [2.75, 3.05) is 27.3 Å². The Bertz CT molecular complexity index is 1420. The summed E-state index contributed by atoms with van der Waals surface area (Å²) in [4.78, 5) is 18.7. The van der Waals surface area contributed by atoms with Crippen LogP contribution in [0.1, 0.15) is 32.2 Å². The summed E-state index contributed by atoms with van der Waals surface area (Å²) in [6, 6.07) is 12.1. The molecule has 1 amide bonds. The quantitative estimate of drug-likeness (QED) is 0.325. The Kier molecular flexibility index (Phi) is 6.94. The molecule has 3 heterocycles. The van der Waals surface area contributed by atoms with E-state index in [4.69, 9.17) is 19.3 Å². The summed E-state index contributed by atoms with van der Waals surface area (Å²) in [7, 11) is 3.03. The zero-order valence-corrected chi connectivity index (χ0v) is 21.1. The van der Waals surface area contributed by atoms with E-state index in [2.05, 4.69) is 4.98 Å². The number of methoxy groups -OCH3 is 2. The smallest absolute Gasteiger partial charge is 0.222 e. The average molecular weight is 505 g/mol. The number of hydrogen-bond acceptors (Lipinski definition) is 6. The molecule has 0 saturated carbocycles. The van der Waals surface area contributed by atoms with Crippen LogP contribution in [-0.2, 0) is 4.79 Å². The monoisotopic (exact) mass is 504 g/mol. The predicted octanol–water partition coefficient (Wildman–Crippen LogP) is 5.62. The number of halogens is 1. The SMILES string of the molecule is CCC(=O)N1CCCC(n2nc(-c3ccc(Oc4cccc(OC)c4F)cc3)c3cncc(OC)c32)C1. The third kappa shape index (κ3) is 4.69.